The fraction of sp³-hybridized carbons (Fsp3) is 0.308. The Morgan fingerprint density at radius 3 is 2.40 bits per heavy atom. The van der Waals surface area contributed by atoms with Crippen molar-refractivity contribution in [1.82, 2.24) is 0 Å². The van der Waals surface area contributed by atoms with Gasteiger partial charge in [-0.1, -0.05) is 15.9 Å². The van der Waals surface area contributed by atoms with E-state index in [9.17, 15) is 4.79 Å². The van der Waals surface area contributed by atoms with Crippen LogP contribution in [-0.4, -0.2) is 5.78 Å². The minimum absolute atomic E-state index is 0.117. The molecule has 0 fully saturated rings. The van der Waals surface area contributed by atoms with Crippen molar-refractivity contribution in [2.45, 2.75) is 26.7 Å². The highest BCUT2D eigenvalue weighted by Gasteiger charge is 2.08. The lowest BCUT2D eigenvalue weighted by molar-refractivity contribution is 0.0984. The van der Waals surface area contributed by atoms with Crippen molar-refractivity contribution in [2.24, 2.45) is 0 Å². The number of Topliss-reactive ketones (excluding diaryl/α,β-unsaturated/α-hetero) is 1. The van der Waals surface area contributed by atoms with E-state index >= 15 is 0 Å². The van der Waals surface area contributed by atoms with E-state index in [4.69, 9.17) is 6.42 Å². The Labute approximate surface area is 99.0 Å². The maximum absolute atomic E-state index is 11.7. The molecule has 0 bridgehead atoms. The van der Waals surface area contributed by atoms with Crippen LogP contribution in [-0.2, 0) is 0 Å². The molecule has 0 aliphatic rings. The molecule has 0 aliphatic heterocycles. The summed E-state index contributed by atoms with van der Waals surface area (Å²) in [5.74, 6) is 2.60. The Hall–Kier alpha value is -1.07. The Bertz CT molecular complexity index is 404. The van der Waals surface area contributed by atoms with Crippen LogP contribution in [0.15, 0.2) is 16.6 Å². The van der Waals surface area contributed by atoms with Crippen LogP contribution in [0.2, 0.25) is 0 Å². The molecule has 0 unspecified atom stereocenters. The number of benzene rings is 1. The largest absolute Gasteiger partial charge is 0.294 e. The van der Waals surface area contributed by atoms with Crippen LogP contribution in [0.25, 0.3) is 0 Å². The minimum atomic E-state index is 0.117. The summed E-state index contributed by atoms with van der Waals surface area (Å²) in [6, 6.07) is 3.80. The molecule has 0 radical (unpaired) electrons. The first-order chi connectivity index (χ1) is 7.06. The normalized spacial score (nSPS) is 9.73. The molecule has 0 heterocycles. The highest BCUT2D eigenvalue weighted by molar-refractivity contribution is 9.10. The van der Waals surface area contributed by atoms with Crippen LogP contribution in [0.3, 0.4) is 0 Å². The average molecular weight is 265 g/mol. The van der Waals surface area contributed by atoms with Crippen LogP contribution in [0, 0.1) is 26.2 Å². The molecule has 2 heteroatoms. The maximum atomic E-state index is 11.7. The predicted molar refractivity (Wildman–Crippen MR) is 66.0 cm³/mol. The van der Waals surface area contributed by atoms with Crippen molar-refractivity contribution in [3.05, 3.63) is 33.3 Å². The number of carbonyl (C=O) groups is 1. The molecule has 0 N–H and O–H groups in total. The summed E-state index contributed by atoms with van der Waals surface area (Å²) in [4.78, 5) is 11.7. The topological polar surface area (TPSA) is 17.1 Å². The van der Waals surface area contributed by atoms with E-state index in [1.54, 1.807) is 0 Å². The van der Waals surface area contributed by atoms with Gasteiger partial charge in [0, 0.05) is 22.9 Å². The molecule has 0 spiro atoms. The van der Waals surface area contributed by atoms with Gasteiger partial charge in [-0.25, -0.2) is 0 Å². The zero-order valence-electron chi connectivity index (χ0n) is 8.93. The predicted octanol–water partition coefficient (Wildman–Crippen LogP) is 3.66. The molecule has 0 aliphatic carbocycles. The van der Waals surface area contributed by atoms with Gasteiger partial charge in [0.25, 0.3) is 0 Å². The summed E-state index contributed by atoms with van der Waals surface area (Å²) in [5, 5.41) is 0. The standard InChI is InChI=1S/C13H13BrO/c1-4-5-6-12(15)11-7-9(2)13(14)10(3)8-11/h1,7-8H,5-6H2,2-3H3. The third-order valence-corrected chi connectivity index (χ3v) is 3.51. The molecule has 1 aromatic carbocycles. The molecule has 0 saturated heterocycles. The van der Waals surface area contributed by atoms with Crippen LogP contribution in [0.1, 0.15) is 34.3 Å². The lowest BCUT2D eigenvalue weighted by Crippen LogP contribution is -2.00. The Morgan fingerprint density at radius 2 is 1.93 bits per heavy atom. The van der Waals surface area contributed by atoms with Crippen LogP contribution in [0.4, 0.5) is 0 Å². The number of rotatable bonds is 3. The fourth-order valence-electron chi connectivity index (χ4n) is 1.44. The fourth-order valence-corrected chi connectivity index (χ4v) is 1.67. The second kappa shape index (κ2) is 5.14. The molecule has 1 nitrogen and oxygen atoms in total. The summed E-state index contributed by atoms with van der Waals surface area (Å²) < 4.78 is 1.07. The van der Waals surface area contributed by atoms with E-state index in [0.717, 1.165) is 21.2 Å². The van der Waals surface area contributed by atoms with Gasteiger partial charge in [-0.2, -0.15) is 0 Å². The zero-order chi connectivity index (χ0) is 11.4. The number of hydrogen-bond acceptors (Lipinski definition) is 1. The molecule has 0 atom stereocenters. The minimum Gasteiger partial charge on any atom is -0.294 e. The van der Waals surface area contributed by atoms with Gasteiger partial charge in [0.1, 0.15) is 0 Å². The van der Waals surface area contributed by atoms with Gasteiger partial charge < -0.3 is 0 Å². The van der Waals surface area contributed by atoms with Crippen molar-refractivity contribution in [3.63, 3.8) is 0 Å². The van der Waals surface area contributed by atoms with Gasteiger partial charge in [0.05, 0.1) is 0 Å². The lowest BCUT2D eigenvalue weighted by atomic mass is 10.0. The Morgan fingerprint density at radius 1 is 1.40 bits per heavy atom. The summed E-state index contributed by atoms with van der Waals surface area (Å²) in [6.07, 6.45) is 6.06. The van der Waals surface area contributed by atoms with E-state index in [2.05, 4.69) is 21.9 Å². The number of halogens is 1. The van der Waals surface area contributed by atoms with Crippen LogP contribution in [0.5, 0.6) is 0 Å². The summed E-state index contributed by atoms with van der Waals surface area (Å²) in [6.45, 7) is 3.96. The number of terminal acetylenes is 1. The Balaban J connectivity index is 2.97. The molecule has 78 valence electrons. The average Bonchev–Trinajstić information content (AvgIpc) is 2.21. The van der Waals surface area contributed by atoms with Gasteiger partial charge in [0.2, 0.25) is 0 Å². The molecule has 15 heavy (non-hydrogen) atoms. The van der Waals surface area contributed by atoms with Crippen molar-refractivity contribution in [1.29, 1.82) is 0 Å². The summed E-state index contributed by atoms with van der Waals surface area (Å²) >= 11 is 3.47. The Kier molecular flexibility index (Phi) is 4.11. The van der Waals surface area contributed by atoms with E-state index in [-0.39, 0.29) is 5.78 Å². The van der Waals surface area contributed by atoms with Crippen molar-refractivity contribution >= 4 is 21.7 Å². The number of aryl methyl sites for hydroxylation is 2. The highest BCUT2D eigenvalue weighted by atomic mass is 79.9. The molecule has 0 saturated carbocycles. The van der Waals surface area contributed by atoms with Gasteiger partial charge >= 0.3 is 0 Å². The van der Waals surface area contributed by atoms with E-state index in [0.29, 0.717) is 12.8 Å². The summed E-state index contributed by atoms with van der Waals surface area (Å²) in [5.41, 5.74) is 2.92. The van der Waals surface area contributed by atoms with Crippen molar-refractivity contribution in [2.75, 3.05) is 0 Å². The third kappa shape index (κ3) is 2.94. The maximum Gasteiger partial charge on any atom is 0.163 e. The molecule has 0 amide bonds. The first kappa shape index (κ1) is 12.0. The highest BCUT2D eigenvalue weighted by Crippen LogP contribution is 2.23. The molecular formula is C13H13BrO. The quantitative estimate of drug-likeness (QED) is 0.602. The zero-order valence-corrected chi connectivity index (χ0v) is 10.5. The molecule has 1 rings (SSSR count). The summed E-state index contributed by atoms with van der Waals surface area (Å²) in [7, 11) is 0. The number of ketones is 1. The second-order valence-corrected chi connectivity index (χ2v) is 4.34. The van der Waals surface area contributed by atoms with Gasteiger partial charge in [0.15, 0.2) is 5.78 Å². The monoisotopic (exact) mass is 264 g/mol. The van der Waals surface area contributed by atoms with Gasteiger partial charge in [-0.3, -0.25) is 4.79 Å². The van der Waals surface area contributed by atoms with Crippen molar-refractivity contribution < 1.29 is 4.79 Å². The molecular weight excluding hydrogens is 252 g/mol. The molecule has 1 aromatic rings. The SMILES string of the molecule is C#CCCC(=O)c1cc(C)c(Br)c(C)c1. The van der Waals surface area contributed by atoms with Crippen LogP contribution >= 0.6 is 15.9 Å². The van der Waals surface area contributed by atoms with Gasteiger partial charge in [-0.05, 0) is 37.1 Å². The van der Waals surface area contributed by atoms with Crippen molar-refractivity contribution in [3.8, 4) is 12.3 Å². The van der Waals surface area contributed by atoms with Gasteiger partial charge in [-0.15, -0.1) is 12.3 Å². The number of carbonyl (C=O) groups excluding carboxylic acids is 1. The first-order valence-corrected chi connectivity index (χ1v) is 5.59. The third-order valence-electron chi connectivity index (χ3n) is 2.25. The first-order valence-electron chi connectivity index (χ1n) is 4.79. The van der Waals surface area contributed by atoms with E-state index < -0.39 is 0 Å². The second-order valence-electron chi connectivity index (χ2n) is 3.55. The van der Waals surface area contributed by atoms with E-state index in [1.165, 1.54) is 0 Å². The lowest BCUT2D eigenvalue weighted by Gasteiger charge is -2.06. The van der Waals surface area contributed by atoms with E-state index in [1.807, 2.05) is 26.0 Å². The van der Waals surface area contributed by atoms with Crippen LogP contribution < -0.4 is 0 Å². The smallest absolute Gasteiger partial charge is 0.163 e. The number of hydrogen-bond donors (Lipinski definition) is 0. The molecule has 0 aromatic heterocycles.